The minimum absolute atomic E-state index is 0.0639. The second kappa shape index (κ2) is 9.38. The van der Waals surface area contributed by atoms with Gasteiger partial charge in [0, 0.05) is 38.9 Å². The standard InChI is InChI=1S/C23H26FN3O4S/c24-19-8-10-20(11-9-19)32(29,30)27-15-12-23(13-16-27)17-21(26-31-23)22(28)25-14-4-7-18-5-2-1-3-6-18/h1-3,5-6,8-11H,4,7,12-17H2,(H,25,28). The number of piperidine rings is 1. The molecule has 7 nitrogen and oxygen atoms in total. The van der Waals surface area contributed by atoms with Gasteiger partial charge in [0.15, 0.2) is 0 Å². The molecule has 1 spiro atoms. The van der Waals surface area contributed by atoms with Crippen LogP contribution >= 0.6 is 0 Å². The van der Waals surface area contributed by atoms with Crippen molar-refractivity contribution in [1.82, 2.24) is 9.62 Å². The van der Waals surface area contributed by atoms with Crippen LogP contribution in [0.1, 0.15) is 31.2 Å². The van der Waals surface area contributed by atoms with E-state index in [4.69, 9.17) is 4.84 Å². The van der Waals surface area contributed by atoms with Gasteiger partial charge in [-0.15, -0.1) is 0 Å². The minimum Gasteiger partial charge on any atom is -0.388 e. The number of carbonyl (C=O) groups is 1. The first-order chi connectivity index (χ1) is 15.4. The van der Waals surface area contributed by atoms with E-state index in [9.17, 15) is 17.6 Å². The molecule has 2 heterocycles. The number of carbonyl (C=O) groups excluding carboxylic acids is 1. The maximum Gasteiger partial charge on any atom is 0.269 e. The highest BCUT2D eigenvalue weighted by Gasteiger charge is 2.45. The van der Waals surface area contributed by atoms with Gasteiger partial charge in [0.1, 0.15) is 17.1 Å². The molecule has 1 saturated heterocycles. The summed E-state index contributed by atoms with van der Waals surface area (Å²) in [5, 5.41) is 6.89. The van der Waals surface area contributed by atoms with E-state index in [-0.39, 0.29) is 23.9 Å². The Labute approximate surface area is 187 Å². The monoisotopic (exact) mass is 459 g/mol. The molecule has 0 atom stereocenters. The summed E-state index contributed by atoms with van der Waals surface area (Å²) in [6, 6.07) is 14.9. The summed E-state index contributed by atoms with van der Waals surface area (Å²) in [6.07, 6.45) is 2.93. The Morgan fingerprint density at radius 3 is 2.47 bits per heavy atom. The molecule has 1 N–H and O–H groups in total. The third-order valence-corrected chi connectivity index (χ3v) is 7.87. The molecule has 170 valence electrons. The highest BCUT2D eigenvalue weighted by atomic mass is 32.2. The normalized spacial score (nSPS) is 18.2. The number of nitrogens with zero attached hydrogens (tertiary/aromatic N) is 2. The maximum absolute atomic E-state index is 13.1. The van der Waals surface area contributed by atoms with Crippen LogP contribution < -0.4 is 5.32 Å². The van der Waals surface area contributed by atoms with Crippen LogP contribution in [0.5, 0.6) is 0 Å². The van der Waals surface area contributed by atoms with Crippen molar-refractivity contribution in [2.45, 2.75) is 42.6 Å². The lowest BCUT2D eigenvalue weighted by molar-refractivity contribution is -0.114. The van der Waals surface area contributed by atoms with Gasteiger partial charge in [0.2, 0.25) is 10.0 Å². The molecule has 2 aliphatic rings. The molecule has 2 aliphatic heterocycles. The van der Waals surface area contributed by atoms with Crippen molar-refractivity contribution >= 4 is 21.6 Å². The summed E-state index contributed by atoms with van der Waals surface area (Å²) in [6.45, 7) is 1.05. The Bertz CT molecular complexity index is 1080. The second-order valence-electron chi connectivity index (χ2n) is 8.19. The number of benzene rings is 2. The predicted molar refractivity (Wildman–Crippen MR) is 118 cm³/mol. The number of sulfonamides is 1. The van der Waals surface area contributed by atoms with Crippen molar-refractivity contribution in [2.75, 3.05) is 19.6 Å². The van der Waals surface area contributed by atoms with Crippen LogP contribution in [0.15, 0.2) is 64.6 Å². The summed E-state index contributed by atoms with van der Waals surface area (Å²) in [4.78, 5) is 18.2. The van der Waals surface area contributed by atoms with Gasteiger partial charge in [-0.05, 0) is 42.7 Å². The van der Waals surface area contributed by atoms with Gasteiger partial charge in [0.05, 0.1) is 4.90 Å². The van der Waals surface area contributed by atoms with Gasteiger partial charge in [-0.1, -0.05) is 35.5 Å². The first-order valence-corrected chi connectivity index (χ1v) is 12.1. The lowest BCUT2D eigenvalue weighted by Gasteiger charge is -2.36. The summed E-state index contributed by atoms with van der Waals surface area (Å²) in [7, 11) is -3.70. The smallest absolute Gasteiger partial charge is 0.269 e. The summed E-state index contributed by atoms with van der Waals surface area (Å²) in [5.41, 5.74) is 0.926. The van der Waals surface area contributed by atoms with Crippen LogP contribution in [0.4, 0.5) is 4.39 Å². The molecule has 0 unspecified atom stereocenters. The number of hydrogen-bond donors (Lipinski definition) is 1. The van der Waals surface area contributed by atoms with E-state index >= 15 is 0 Å². The highest BCUT2D eigenvalue weighted by Crippen LogP contribution is 2.36. The molecule has 1 fully saturated rings. The molecule has 2 aromatic carbocycles. The largest absolute Gasteiger partial charge is 0.388 e. The molecule has 0 radical (unpaired) electrons. The molecule has 0 aliphatic carbocycles. The number of rotatable bonds is 7. The van der Waals surface area contributed by atoms with Crippen LogP contribution in [0.2, 0.25) is 0 Å². The fraction of sp³-hybridized carbons (Fsp3) is 0.391. The van der Waals surface area contributed by atoms with Crippen molar-refractivity contribution in [1.29, 1.82) is 0 Å². The molecule has 32 heavy (non-hydrogen) atoms. The molecule has 0 saturated carbocycles. The number of nitrogens with one attached hydrogen (secondary N) is 1. The zero-order valence-electron chi connectivity index (χ0n) is 17.7. The van der Waals surface area contributed by atoms with E-state index in [1.165, 1.54) is 22.0 Å². The Morgan fingerprint density at radius 1 is 1.09 bits per heavy atom. The molecule has 0 aromatic heterocycles. The summed E-state index contributed by atoms with van der Waals surface area (Å²) < 4.78 is 40.1. The average Bonchev–Trinajstić information content (AvgIpc) is 3.21. The van der Waals surface area contributed by atoms with Crippen molar-refractivity contribution in [3.05, 3.63) is 66.0 Å². The quantitative estimate of drug-likeness (QED) is 0.645. The molecule has 4 rings (SSSR count). The van der Waals surface area contributed by atoms with Crippen LogP contribution in [-0.4, -0.2) is 49.6 Å². The Balaban J connectivity index is 1.25. The first-order valence-electron chi connectivity index (χ1n) is 10.7. The number of hydrogen-bond acceptors (Lipinski definition) is 5. The highest BCUT2D eigenvalue weighted by molar-refractivity contribution is 7.89. The van der Waals surface area contributed by atoms with Crippen molar-refractivity contribution < 1.29 is 22.4 Å². The van der Waals surface area contributed by atoms with E-state index in [2.05, 4.69) is 22.6 Å². The van der Waals surface area contributed by atoms with Gasteiger partial charge >= 0.3 is 0 Å². The number of amides is 1. The lowest BCUT2D eigenvalue weighted by Crippen LogP contribution is -2.47. The van der Waals surface area contributed by atoms with E-state index in [0.717, 1.165) is 25.0 Å². The summed E-state index contributed by atoms with van der Waals surface area (Å²) in [5.74, 6) is -0.722. The van der Waals surface area contributed by atoms with Crippen molar-refractivity contribution in [3.8, 4) is 0 Å². The molecule has 0 bridgehead atoms. The molecular weight excluding hydrogens is 433 g/mol. The average molecular weight is 460 g/mol. The van der Waals surface area contributed by atoms with Crippen LogP contribution in [0.25, 0.3) is 0 Å². The zero-order valence-corrected chi connectivity index (χ0v) is 18.5. The van der Waals surface area contributed by atoms with Crippen molar-refractivity contribution in [2.24, 2.45) is 5.16 Å². The molecular formula is C23H26FN3O4S. The van der Waals surface area contributed by atoms with Gasteiger partial charge in [0.25, 0.3) is 5.91 Å². The Kier molecular flexibility index (Phi) is 6.57. The van der Waals surface area contributed by atoms with Gasteiger partial charge < -0.3 is 10.2 Å². The SMILES string of the molecule is O=C(NCCCc1ccccc1)C1=NOC2(CCN(S(=O)(=O)c3ccc(F)cc3)CC2)C1. The second-order valence-corrected chi connectivity index (χ2v) is 10.1. The predicted octanol–water partition coefficient (Wildman–Crippen LogP) is 2.87. The van der Waals surface area contributed by atoms with Crippen LogP contribution in [0.3, 0.4) is 0 Å². The molecule has 2 aromatic rings. The molecule has 1 amide bonds. The van der Waals surface area contributed by atoms with Gasteiger partial charge in [-0.2, -0.15) is 4.31 Å². The van der Waals surface area contributed by atoms with Crippen LogP contribution in [-0.2, 0) is 26.1 Å². The van der Waals surface area contributed by atoms with E-state index in [1.807, 2.05) is 18.2 Å². The Morgan fingerprint density at radius 2 is 1.78 bits per heavy atom. The van der Waals surface area contributed by atoms with Crippen LogP contribution in [0, 0.1) is 5.82 Å². The fourth-order valence-electron chi connectivity index (χ4n) is 4.04. The van der Waals surface area contributed by atoms with Gasteiger partial charge in [-0.3, -0.25) is 4.79 Å². The lowest BCUT2D eigenvalue weighted by atomic mass is 9.87. The topological polar surface area (TPSA) is 88.1 Å². The molecule has 9 heteroatoms. The van der Waals surface area contributed by atoms with E-state index < -0.39 is 21.4 Å². The third kappa shape index (κ3) is 4.99. The van der Waals surface area contributed by atoms with Gasteiger partial charge in [-0.25, -0.2) is 12.8 Å². The van der Waals surface area contributed by atoms with E-state index in [1.54, 1.807) is 0 Å². The minimum atomic E-state index is -3.70. The Hall–Kier alpha value is -2.78. The number of oxime groups is 1. The fourth-order valence-corrected chi connectivity index (χ4v) is 5.48. The number of halogens is 1. The third-order valence-electron chi connectivity index (χ3n) is 5.96. The zero-order chi connectivity index (χ0) is 22.6. The summed E-state index contributed by atoms with van der Waals surface area (Å²) >= 11 is 0. The van der Waals surface area contributed by atoms with Crippen molar-refractivity contribution in [3.63, 3.8) is 0 Å². The van der Waals surface area contributed by atoms with E-state index in [0.29, 0.717) is 31.5 Å². The maximum atomic E-state index is 13.1. The first kappa shape index (κ1) is 22.4. The number of aryl methyl sites for hydroxylation is 1.